The smallest absolute Gasteiger partial charge is 0.277 e. The van der Waals surface area contributed by atoms with Crippen LogP contribution in [0.2, 0.25) is 0 Å². The van der Waals surface area contributed by atoms with Gasteiger partial charge in [0.2, 0.25) is 0 Å². The van der Waals surface area contributed by atoms with Crippen molar-refractivity contribution in [2.75, 3.05) is 7.11 Å². The lowest BCUT2D eigenvalue weighted by Gasteiger charge is -2.03. The van der Waals surface area contributed by atoms with Crippen LogP contribution in [0.3, 0.4) is 0 Å². The van der Waals surface area contributed by atoms with Crippen molar-refractivity contribution in [1.29, 1.82) is 0 Å². The molecule has 160 valence electrons. The molecule has 0 N–H and O–H groups in total. The highest BCUT2D eigenvalue weighted by molar-refractivity contribution is 5.69. The lowest BCUT2D eigenvalue weighted by Crippen LogP contribution is -2.22. The van der Waals surface area contributed by atoms with Gasteiger partial charge in [0.25, 0.3) is 11.4 Å². The van der Waals surface area contributed by atoms with E-state index in [1.807, 2.05) is 44.2 Å². The molecule has 0 fully saturated rings. The summed E-state index contributed by atoms with van der Waals surface area (Å²) in [7, 11) is 1.61. The molecule has 0 aliphatic heterocycles. The molecule has 0 spiro atoms. The number of rotatable bonds is 5. The monoisotopic (exact) mass is 427 g/mol. The second-order valence-electron chi connectivity index (χ2n) is 7.65. The molecule has 8 nitrogen and oxygen atoms in total. The summed E-state index contributed by atoms with van der Waals surface area (Å²) < 4.78 is 13.7. The van der Waals surface area contributed by atoms with Crippen LogP contribution in [0, 0.1) is 13.8 Å². The van der Waals surface area contributed by atoms with E-state index in [2.05, 4.69) is 33.4 Å². The summed E-state index contributed by atoms with van der Waals surface area (Å²) in [6.07, 6.45) is 3.44. The second-order valence-corrected chi connectivity index (χ2v) is 7.65. The topological polar surface area (TPSA) is 87.5 Å². The molecule has 0 saturated heterocycles. The molecule has 3 aromatic heterocycles. The van der Waals surface area contributed by atoms with Gasteiger partial charge in [0, 0.05) is 23.5 Å². The van der Waals surface area contributed by atoms with Crippen molar-refractivity contribution in [2.45, 2.75) is 20.4 Å². The SMILES string of the molecule is COc1ccc(-c2nc(Cn3ccn4nc(-c5cc(C)ccc5C)cc4c3=O)no2)cc1. The van der Waals surface area contributed by atoms with Crippen molar-refractivity contribution in [3.63, 3.8) is 0 Å². The minimum absolute atomic E-state index is 0.174. The Balaban J connectivity index is 1.45. The lowest BCUT2D eigenvalue weighted by atomic mass is 10.0. The number of ether oxygens (including phenoxy) is 1. The molecule has 0 unspecified atom stereocenters. The molecule has 32 heavy (non-hydrogen) atoms. The van der Waals surface area contributed by atoms with E-state index < -0.39 is 0 Å². The average Bonchev–Trinajstić information content (AvgIpc) is 3.45. The van der Waals surface area contributed by atoms with Crippen LogP contribution in [0.5, 0.6) is 5.75 Å². The third-order valence-corrected chi connectivity index (χ3v) is 5.39. The first-order chi connectivity index (χ1) is 15.5. The predicted octanol–water partition coefficient (Wildman–Crippen LogP) is 3.89. The van der Waals surface area contributed by atoms with Crippen molar-refractivity contribution >= 4 is 5.52 Å². The minimum Gasteiger partial charge on any atom is -0.497 e. The number of aryl methyl sites for hydroxylation is 2. The van der Waals surface area contributed by atoms with Gasteiger partial charge in [-0.15, -0.1) is 0 Å². The van der Waals surface area contributed by atoms with Crippen molar-refractivity contribution in [3.05, 3.63) is 88.2 Å². The van der Waals surface area contributed by atoms with E-state index in [9.17, 15) is 4.79 Å². The van der Waals surface area contributed by atoms with Gasteiger partial charge in [-0.05, 0) is 55.8 Å². The normalized spacial score (nSPS) is 11.2. The van der Waals surface area contributed by atoms with E-state index in [1.54, 1.807) is 28.6 Å². The molecular formula is C24H21N5O3. The summed E-state index contributed by atoms with van der Waals surface area (Å²) in [5.41, 5.74) is 5.13. The Morgan fingerprint density at radius 2 is 1.84 bits per heavy atom. The van der Waals surface area contributed by atoms with E-state index in [0.29, 0.717) is 17.2 Å². The minimum atomic E-state index is -0.174. The van der Waals surface area contributed by atoms with Crippen molar-refractivity contribution in [3.8, 4) is 28.5 Å². The largest absolute Gasteiger partial charge is 0.497 e. The zero-order valence-electron chi connectivity index (χ0n) is 17.9. The van der Waals surface area contributed by atoms with Gasteiger partial charge in [-0.3, -0.25) is 4.79 Å². The number of aromatic nitrogens is 5. The highest BCUT2D eigenvalue weighted by atomic mass is 16.5. The Morgan fingerprint density at radius 1 is 1.03 bits per heavy atom. The quantitative estimate of drug-likeness (QED) is 0.423. The molecule has 0 bridgehead atoms. The van der Waals surface area contributed by atoms with Crippen LogP contribution in [0.4, 0.5) is 0 Å². The number of benzene rings is 2. The molecule has 2 aromatic carbocycles. The summed E-state index contributed by atoms with van der Waals surface area (Å²) in [4.78, 5) is 17.5. The van der Waals surface area contributed by atoms with Gasteiger partial charge in [-0.2, -0.15) is 10.1 Å². The first kappa shape index (κ1) is 19.7. The van der Waals surface area contributed by atoms with Crippen LogP contribution in [0.1, 0.15) is 17.0 Å². The van der Waals surface area contributed by atoms with Crippen molar-refractivity contribution in [1.82, 2.24) is 24.3 Å². The second kappa shape index (κ2) is 7.81. The maximum absolute atomic E-state index is 13.1. The van der Waals surface area contributed by atoms with E-state index in [0.717, 1.165) is 33.7 Å². The summed E-state index contributed by atoms with van der Waals surface area (Å²) in [6.45, 7) is 4.27. The van der Waals surface area contributed by atoms with Crippen LogP contribution >= 0.6 is 0 Å². The molecule has 0 atom stereocenters. The predicted molar refractivity (Wildman–Crippen MR) is 120 cm³/mol. The maximum atomic E-state index is 13.1. The third kappa shape index (κ3) is 3.56. The molecule has 5 rings (SSSR count). The lowest BCUT2D eigenvalue weighted by molar-refractivity contribution is 0.413. The highest BCUT2D eigenvalue weighted by Crippen LogP contribution is 2.24. The Kier molecular flexibility index (Phi) is 4.82. The maximum Gasteiger partial charge on any atom is 0.277 e. The molecular weight excluding hydrogens is 406 g/mol. The van der Waals surface area contributed by atoms with Crippen LogP contribution in [0.15, 0.2) is 70.2 Å². The van der Waals surface area contributed by atoms with Crippen LogP contribution in [-0.4, -0.2) is 31.4 Å². The third-order valence-electron chi connectivity index (χ3n) is 5.39. The first-order valence-electron chi connectivity index (χ1n) is 10.2. The number of hydrogen-bond donors (Lipinski definition) is 0. The zero-order valence-corrected chi connectivity index (χ0v) is 17.9. The van der Waals surface area contributed by atoms with Crippen LogP contribution < -0.4 is 10.3 Å². The van der Waals surface area contributed by atoms with E-state index >= 15 is 0 Å². The van der Waals surface area contributed by atoms with Gasteiger partial charge >= 0.3 is 0 Å². The van der Waals surface area contributed by atoms with Gasteiger partial charge in [-0.25, -0.2) is 4.52 Å². The first-order valence-corrected chi connectivity index (χ1v) is 10.2. The molecule has 0 saturated carbocycles. The Bertz CT molecular complexity index is 1480. The Hall–Kier alpha value is -4.20. The zero-order chi connectivity index (χ0) is 22.2. The van der Waals surface area contributed by atoms with Crippen LogP contribution in [-0.2, 0) is 6.54 Å². The van der Waals surface area contributed by atoms with E-state index in [1.165, 1.54) is 0 Å². The van der Waals surface area contributed by atoms with E-state index in [4.69, 9.17) is 9.26 Å². The standard InChI is InChI=1S/C24H21N5O3/c1-15-4-5-16(2)19(12-15)20-13-21-24(30)28(10-11-29(21)26-20)14-22-25-23(32-27-22)17-6-8-18(31-3)9-7-17/h4-13H,14H2,1-3H3. The summed E-state index contributed by atoms with van der Waals surface area (Å²) >= 11 is 0. The fourth-order valence-electron chi connectivity index (χ4n) is 3.62. The van der Waals surface area contributed by atoms with Gasteiger partial charge < -0.3 is 13.8 Å². The van der Waals surface area contributed by atoms with Gasteiger partial charge in [0.1, 0.15) is 11.3 Å². The van der Waals surface area contributed by atoms with Gasteiger partial charge in [0.05, 0.1) is 19.3 Å². The van der Waals surface area contributed by atoms with Gasteiger partial charge in [0.15, 0.2) is 5.82 Å². The number of nitrogens with zero attached hydrogens (tertiary/aromatic N) is 5. The summed E-state index contributed by atoms with van der Waals surface area (Å²) in [5.74, 6) is 1.55. The summed E-state index contributed by atoms with van der Waals surface area (Å²) in [5, 5.41) is 8.62. The van der Waals surface area contributed by atoms with Crippen molar-refractivity contribution < 1.29 is 9.26 Å². The number of hydrogen-bond acceptors (Lipinski definition) is 6. The van der Waals surface area contributed by atoms with Gasteiger partial charge in [-0.1, -0.05) is 22.9 Å². The molecule has 0 aliphatic rings. The fraction of sp³-hybridized carbons (Fsp3) is 0.167. The molecule has 0 amide bonds. The Morgan fingerprint density at radius 3 is 2.62 bits per heavy atom. The molecule has 8 heteroatoms. The average molecular weight is 427 g/mol. The Labute approximate surface area is 183 Å². The van der Waals surface area contributed by atoms with Crippen LogP contribution in [0.25, 0.3) is 28.2 Å². The molecule has 5 aromatic rings. The number of fused-ring (bicyclic) bond motifs is 1. The summed E-state index contributed by atoms with van der Waals surface area (Å²) in [6, 6.07) is 15.4. The molecule has 3 heterocycles. The highest BCUT2D eigenvalue weighted by Gasteiger charge is 2.14. The fourth-order valence-corrected chi connectivity index (χ4v) is 3.62. The molecule has 0 radical (unpaired) electrons. The molecule has 0 aliphatic carbocycles. The van der Waals surface area contributed by atoms with Crippen molar-refractivity contribution in [2.24, 2.45) is 0 Å². The number of methoxy groups -OCH3 is 1. The van der Waals surface area contributed by atoms with E-state index in [-0.39, 0.29) is 12.1 Å².